The van der Waals surface area contributed by atoms with Crippen LogP contribution < -0.4 is 11.2 Å². The van der Waals surface area contributed by atoms with Crippen molar-refractivity contribution in [1.82, 2.24) is 10.3 Å². The summed E-state index contributed by atoms with van der Waals surface area (Å²) in [5.74, 6) is 0. The van der Waals surface area contributed by atoms with Crippen LogP contribution in [0.4, 0.5) is 4.79 Å². The molecule has 0 aliphatic carbocycles. The molecule has 5 nitrogen and oxygen atoms in total. The molecule has 0 bridgehead atoms. The fraction of sp³-hybridized carbons (Fsp3) is 0.538. The smallest absolute Gasteiger partial charge is 0.332 e. The molecule has 3 N–H and O–H groups in total. The first-order chi connectivity index (χ1) is 9.24. The maximum Gasteiger partial charge on any atom is 0.332 e. The second-order valence-electron chi connectivity index (χ2n) is 4.78. The van der Waals surface area contributed by atoms with E-state index in [1.54, 1.807) is 17.6 Å². The molecule has 0 aromatic carbocycles. The fourth-order valence-electron chi connectivity index (χ4n) is 2.26. The largest absolute Gasteiger partial charge is 0.350 e. The highest BCUT2D eigenvalue weighted by Gasteiger charge is 2.10. The first-order valence-electron chi connectivity index (χ1n) is 6.62. The Bertz CT molecular complexity index is 436. The molecule has 1 aromatic heterocycles. The third-order valence-electron chi connectivity index (χ3n) is 3.15. The summed E-state index contributed by atoms with van der Waals surface area (Å²) < 4.78 is 0. The molecule has 0 atom stereocenters. The quantitative estimate of drug-likeness (QED) is 0.655. The van der Waals surface area contributed by atoms with Crippen LogP contribution in [-0.2, 0) is 6.54 Å². The van der Waals surface area contributed by atoms with E-state index in [1.165, 1.54) is 44.3 Å². The number of nitrogens with two attached hydrogens (primary N) is 1. The Balaban J connectivity index is 1.85. The van der Waals surface area contributed by atoms with Crippen LogP contribution >= 0.6 is 11.3 Å². The molecule has 2 rings (SSSR count). The van der Waals surface area contributed by atoms with Gasteiger partial charge in [-0.2, -0.15) is 5.10 Å². The number of hydrogen-bond donors (Lipinski definition) is 2. The standard InChI is InChI=1S/C13H20N4OS/c14-13(18)16-15-8-12-7-11(10-19-12)9-17-5-3-1-2-4-6-17/h7-8,10H,1-6,9H2,(H3,14,16,18). The minimum atomic E-state index is -0.641. The molecule has 2 amide bonds. The molecular weight excluding hydrogens is 260 g/mol. The number of rotatable bonds is 4. The lowest BCUT2D eigenvalue weighted by Crippen LogP contribution is -2.24. The van der Waals surface area contributed by atoms with Gasteiger partial charge >= 0.3 is 6.03 Å². The molecule has 1 aromatic rings. The number of nitrogens with zero attached hydrogens (tertiary/aromatic N) is 2. The zero-order valence-corrected chi connectivity index (χ0v) is 11.8. The summed E-state index contributed by atoms with van der Waals surface area (Å²) in [4.78, 5) is 14.0. The minimum Gasteiger partial charge on any atom is -0.350 e. The highest BCUT2D eigenvalue weighted by Crippen LogP contribution is 2.17. The monoisotopic (exact) mass is 280 g/mol. The van der Waals surface area contributed by atoms with Crippen LogP contribution in [0.5, 0.6) is 0 Å². The topological polar surface area (TPSA) is 70.7 Å². The summed E-state index contributed by atoms with van der Waals surface area (Å²) in [5.41, 5.74) is 8.44. The predicted octanol–water partition coefficient (Wildman–Crippen LogP) is 2.13. The van der Waals surface area contributed by atoms with Crippen LogP contribution in [-0.4, -0.2) is 30.2 Å². The number of thiophene rings is 1. The number of likely N-dealkylation sites (tertiary alicyclic amines) is 1. The Hall–Kier alpha value is -1.40. The molecule has 1 aliphatic rings. The van der Waals surface area contributed by atoms with Gasteiger partial charge in [-0.05, 0) is 42.9 Å². The highest BCUT2D eigenvalue weighted by molar-refractivity contribution is 7.11. The maximum absolute atomic E-state index is 10.5. The van der Waals surface area contributed by atoms with Crippen molar-refractivity contribution in [3.8, 4) is 0 Å². The van der Waals surface area contributed by atoms with Gasteiger partial charge in [0.1, 0.15) is 0 Å². The molecular formula is C13H20N4OS. The minimum absolute atomic E-state index is 0.641. The number of amides is 2. The van der Waals surface area contributed by atoms with Crippen molar-refractivity contribution in [1.29, 1.82) is 0 Å². The van der Waals surface area contributed by atoms with Crippen molar-refractivity contribution in [3.05, 3.63) is 21.9 Å². The second-order valence-corrected chi connectivity index (χ2v) is 5.72. The van der Waals surface area contributed by atoms with Gasteiger partial charge in [-0.1, -0.05) is 12.8 Å². The van der Waals surface area contributed by atoms with Crippen molar-refractivity contribution in [2.75, 3.05) is 13.1 Å². The van der Waals surface area contributed by atoms with Crippen LogP contribution in [0.1, 0.15) is 36.1 Å². The Kier molecular flexibility index (Phi) is 5.35. The van der Waals surface area contributed by atoms with Crippen molar-refractivity contribution in [3.63, 3.8) is 0 Å². The molecule has 0 unspecified atom stereocenters. The molecule has 6 heteroatoms. The molecule has 0 saturated carbocycles. The SMILES string of the molecule is NC(=O)NN=Cc1cc(CN2CCCCCC2)cs1. The first kappa shape index (κ1) is 14.0. The van der Waals surface area contributed by atoms with E-state index in [4.69, 9.17) is 5.73 Å². The third kappa shape index (κ3) is 5.00. The third-order valence-corrected chi connectivity index (χ3v) is 4.06. The van der Waals surface area contributed by atoms with Gasteiger partial charge in [0.05, 0.1) is 6.21 Å². The summed E-state index contributed by atoms with van der Waals surface area (Å²) in [6.45, 7) is 3.40. The fourth-order valence-corrected chi connectivity index (χ4v) is 3.02. The number of urea groups is 1. The lowest BCUT2D eigenvalue weighted by atomic mass is 10.2. The predicted molar refractivity (Wildman–Crippen MR) is 78.4 cm³/mol. The van der Waals surface area contributed by atoms with Gasteiger partial charge in [0.15, 0.2) is 0 Å². The Morgan fingerprint density at radius 3 is 2.84 bits per heavy atom. The zero-order valence-electron chi connectivity index (χ0n) is 11.0. The van der Waals surface area contributed by atoms with E-state index >= 15 is 0 Å². The van der Waals surface area contributed by atoms with E-state index in [0.29, 0.717) is 0 Å². The van der Waals surface area contributed by atoms with Gasteiger partial charge in [-0.25, -0.2) is 10.2 Å². The van der Waals surface area contributed by atoms with E-state index in [2.05, 4.69) is 26.9 Å². The van der Waals surface area contributed by atoms with Crippen LogP contribution in [0, 0.1) is 0 Å². The van der Waals surface area contributed by atoms with E-state index < -0.39 is 6.03 Å². The van der Waals surface area contributed by atoms with Crippen LogP contribution in [0.3, 0.4) is 0 Å². The summed E-state index contributed by atoms with van der Waals surface area (Å²) in [7, 11) is 0. The summed E-state index contributed by atoms with van der Waals surface area (Å²) in [6.07, 6.45) is 6.96. The van der Waals surface area contributed by atoms with Crippen molar-refractivity contribution in [2.45, 2.75) is 32.2 Å². The van der Waals surface area contributed by atoms with E-state index in [1.807, 2.05) is 0 Å². The van der Waals surface area contributed by atoms with Crippen molar-refractivity contribution in [2.24, 2.45) is 10.8 Å². The van der Waals surface area contributed by atoms with Crippen LogP contribution in [0.15, 0.2) is 16.5 Å². The van der Waals surface area contributed by atoms with E-state index in [0.717, 1.165) is 11.4 Å². The lowest BCUT2D eigenvalue weighted by molar-refractivity contribution is 0.249. The normalized spacial score (nSPS) is 17.5. The van der Waals surface area contributed by atoms with E-state index in [-0.39, 0.29) is 0 Å². The second kappa shape index (κ2) is 7.25. The summed E-state index contributed by atoms with van der Waals surface area (Å²) in [6, 6.07) is 1.47. The molecule has 0 spiro atoms. The molecule has 0 radical (unpaired) electrons. The highest BCUT2D eigenvalue weighted by atomic mass is 32.1. The Morgan fingerprint density at radius 1 is 1.42 bits per heavy atom. The molecule has 104 valence electrons. The number of carbonyl (C=O) groups is 1. The van der Waals surface area contributed by atoms with Gasteiger partial charge in [0.25, 0.3) is 0 Å². The Morgan fingerprint density at radius 2 is 2.16 bits per heavy atom. The van der Waals surface area contributed by atoms with Gasteiger partial charge in [-0.3, -0.25) is 4.90 Å². The van der Waals surface area contributed by atoms with Crippen LogP contribution in [0.2, 0.25) is 0 Å². The Labute approximate surface area is 117 Å². The summed E-state index contributed by atoms with van der Waals surface area (Å²) >= 11 is 1.63. The number of hydrogen-bond acceptors (Lipinski definition) is 4. The molecule has 2 heterocycles. The number of nitrogens with one attached hydrogen (secondary N) is 1. The lowest BCUT2D eigenvalue weighted by Gasteiger charge is -2.18. The van der Waals surface area contributed by atoms with Crippen molar-refractivity contribution < 1.29 is 4.79 Å². The number of primary amides is 1. The summed E-state index contributed by atoms with van der Waals surface area (Å²) in [5, 5.41) is 5.91. The van der Waals surface area contributed by atoms with Gasteiger partial charge < -0.3 is 5.73 Å². The first-order valence-corrected chi connectivity index (χ1v) is 7.50. The zero-order chi connectivity index (χ0) is 13.5. The average molecular weight is 280 g/mol. The average Bonchev–Trinajstić information content (AvgIpc) is 2.65. The molecule has 1 fully saturated rings. The van der Waals surface area contributed by atoms with Gasteiger partial charge in [-0.15, -0.1) is 11.3 Å². The van der Waals surface area contributed by atoms with Crippen LogP contribution in [0.25, 0.3) is 0 Å². The number of hydrazone groups is 1. The molecule has 19 heavy (non-hydrogen) atoms. The molecule has 1 aliphatic heterocycles. The van der Waals surface area contributed by atoms with Crippen molar-refractivity contribution >= 4 is 23.6 Å². The maximum atomic E-state index is 10.5. The molecule has 1 saturated heterocycles. The number of carbonyl (C=O) groups excluding carboxylic acids is 1. The van der Waals surface area contributed by atoms with Gasteiger partial charge in [0, 0.05) is 11.4 Å². The van der Waals surface area contributed by atoms with Gasteiger partial charge in [0.2, 0.25) is 0 Å². The van der Waals surface area contributed by atoms with E-state index in [9.17, 15) is 4.79 Å².